The van der Waals surface area contributed by atoms with Crippen molar-refractivity contribution in [2.75, 3.05) is 17.7 Å². The number of rotatable bonds is 6. The topological polar surface area (TPSA) is 81.1 Å². The normalized spacial score (nSPS) is 14.7. The Bertz CT molecular complexity index is 1410. The molecule has 174 valence electrons. The average Bonchev–Trinajstić information content (AvgIpc) is 3.30. The van der Waals surface area contributed by atoms with E-state index in [1.807, 2.05) is 60.7 Å². The minimum Gasteiger partial charge on any atom is -0.496 e. The molecule has 2 heterocycles. The molecular formula is C27H22FN5O2. The quantitative estimate of drug-likeness (QED) is 0.384. The van der Waals surface area contributed by atoms with Crippen LogP contribution in [0.25, 0.3) is 11.8 Å². The number of halogens is 1. The van der Waals surface area contributed by atoms with Crippen molar-refractivity contribution in [1.29, 1.82) is 0 Å². The summed E-state index contributed by atoms with van der Waals surface area (Å²) in [7, 11) is 1.58. The molecule has 0 unspecified atom stereocenters. The summed E-state index contributed by atoms with van der Waals surface area (Å²) in [6.07, 6.45) is 5.06. The van der Waals surface area contributed by atoms with Crippen LogP contribution in [0.2, 0.25) is 0 Å². The first-order valence-electron chi connectivity index (χ1n) is 11.0. The molecule has 1 aliphatic rings. The Kier molecular flexibility index (Phi) is 6.09. The van der Waals surface area contributed by atoms with Gasteiger partial charge in [-0.2, -0.15) is 4.98 Å². The van der Waals surface area contributed by atoms with Gasteiger partial charge in [-0.3, -0.25) is 10.1 Å². The number of hydrogen-bond donors (Lipinski definition) is 2. The maximum atomic E-state index is 13.6. The fraction of sp³-hybridized carbons (Fsp3) is 0.0741. The van der Waals surface area contributed by atoms with E-state index in [1.165, 1.54) is 18.2 Å². The lowest BCUT2D eigenvalue weighted by Crippen LogP contribution is -2.20. The fourth-order valence-electron chi connectivity index (χ4n) is 3.85. The van der Waals surface area contributed by atoms with Gasteiger partial charge in [-0.1, -0.05) is 60.7 Å². The number of aromatic nitrogens is 3. The number of amides is 1. The Labute approximate surface area is 201 Å². The number of benzene rings is 3. The molecule has 5 rings (SSSR count). The second-order valence-corrected chi connectivity index (χ2v) is 7.84. The van der Waals surface area contributed by atoms with Crippen LogP contribution >= 0.6 is 0 Å². The number of anilines is 2. The van der Waals surface area contributed by atoms with Gasteiger partial charge in [0.05, 0.1) is 7.11 Å². The minimum absolute atomic E-state index is 0.150. The standard InChI is InChI=1S/C27H22FN5O2/c1-35-24-10-6-5-9-20(24)13-16-25(34)30-26-31-27-29-22(18-7-3-2-4-8-18)17-23(33(27)32-26)19-11-14-21(28)15-12-19/h2-17,23H,1H3,(H2,29,30,31,32,34)/b16-13+/t23-/m1/s1. The number of allylic oxidation sites excluding steroid dienone is 1. The van der Waals surface area contributed by atoms with Gasteiger partial charge in [0.15, 0.2) is 0 Å². The van der Waals surface area contributed by atoms with Crippen molar-refractivity contribution in [3.05, 3.63) is 114 Å². The molecule has 8 heteroatoms. The number of ether oxygens (including phenoxy) is 1. The van der Waals surface area contributed by atoms with E-state index in [4.69, 9.17) is 4.74 Å². The number of fused-ring (bicyclic) bond motifs is 1. The van der Waals surface area contributed by atoms with Gasteiger partial charge in [0.25, 0.3) is 11.9 Å². The number of methoxy groups -OCH3 is 1. The van der Waals surface area contributed by atoms with Crippen LogP contribution in [0.5, 0.6) is 5.75 Å². The van der Waals surface area contributed by atoms with Crippen molar-refractivity contribution in [3.63, 3.8) is 0 Å². The summed E-state index contributed by atoms with van der Waals surface area (Å²) in [5, 5.41) is 10.5. The monoisotopic (exact) mass is 467 g/mol. The maximum absolute atomic E-state index is 13.6. The molecule has 1 atom stereocenters. The fourth-order valence-corrected chi connectivity index (χ4v) is 3.85. The van der Waals surface area contributed by atoms with Crippen molar-refractivity contribution in [2.45, 2.75) is 6.04 Å². The molecule has 0 saturated carbocycles. The van der Waals surface area contributed by atoms with Crippen LogP contribution in [0.3, 0.4) is 0 Å². The molecule has 1 aromatic heterocycles. The van der Waals surface area contributed by atoms with Gasteiger partial charge in [-0.25, -0.2) is 9.07 Å². The van der Waals surface area contributed by atoms with E-state index in [0.29, 0.717) is 11.7 Å². The summed E-state index contributed by atoms with van der Waals surface area (Å²) in [4.78, 5) is 17.1. The number of hydrogen-bond acceptors (Lipinski definition) is 5. The van der Waals surface area contributed by atoms with Crippen LogP contribution in [0.15, 0.2) is 91.0 Å². The van der Waals surface area contributed by atoms with E-state index in [1.54, 1.807) is 30.0 Å². The second-order valence-electron chi connectivity index (χ2n) is 7.84. The highest BCUT2D eigenvalue weighted by Gasteiger charge is 2.25. The van der Waals surface area contributed by atoms with Crippen LogP contribution in [-0.2, 0) is 4.79 Å². The first-order valence-corrected chi connectivity index (χ1v) is 11.0. The summed E-state index contributed by atoms with van der Waals surface area (Å²) in [5.41, 5.74) is 3.42. The molecule has 1 aliphatic heterocycles. The van der Waals surface area contributed by atoms with E-state index in [0.717, 1.165) is 22.4 Å². The van der Waals surface area contributed by atoms with E-state index < -0.39 is 0 Å². The van der Waals surface area contributed by atoms with Crippen molar-refractivity contribution >= 4 is 29.6 Å². The van der Waals surface area contributed by atoms with Crippen LogP contribution in [0.4, 0.5) is 16.3 Å². The van der Waals surface area contributed by atoms with Crippen LogP contribution < -0.4 is 15.4 Å². The highest BCUT2D eigenvalue weighted by atomic mass is 19.1. The van der Waals surface area contributed by atoms with E-state index in [2.05, 4.69) is 20.7 Å². The van der Waals surface area contributed by atoms with Crippen molar-refractivity contribution < 1.29 is 13.9 Å². The summed E-state index contributed by atoms with van der Waals surface area (Å²) >= 11 is 0. The number of para-hydroxylation sites is 1. The smallest absolute Gasteiger partial charge is 0.250 e. The maximum Gasteiger partial charge on any atom is 0.250 e. The highest BCUT2D eigenvalue weighted by Crippen LogP contribution is 2.33. The lowest BCUT2D eigenvalue weighted by molar-refractivity contribution is -0.111. The first-order chi connectivity index (χ1) is 17.1. The van der Waals surface area contributed by atoms with Crippen molar-refractivity contribution in [1.82, 2.24) is 14.8 Å². The van der Waals surface area contributed by atoms with Gasteiger partial charge in [0, 0.05) is 17.3 Å². The SMILES string of the molecule is COc1ccccc1/C=C/C(=O)Nc1nc2n(n1)[C@@H](c1ccc(F)cc1)C=C(c1ccccc1)N2. The van der Waals surface area contributed by atoms with Gasteiger partial charge < -0.3 is 10.1 Å². The number of nitrogens with one attached hydrogen (secondary N) is 2. The van der Waals surface area contributed by atoms with Gasteiger partial charge >= 0.3 is 0 Å². The molecule has 3 aromatic carbocycles. The molecular weight excluding hydrogens is 445 g/mol. The zero-order chi connectivity index (χ0) is 24.2. The molecule has 0 saturated heterocycles. The Hall–Kier alpha value is -4.72. The molecule has 0 bridgehead atoms. The zero-order valence-electron chi connectivity index (χ0n) is 18.9. The third kappa shape index (κ3) is 4.81. The molecule has 2 N–H and O–H groups in total. The Balaban J connectivity index is 1.42. The Morgan fingerprint density at radius 2 is 1.80 bits per heavy atom. The van der Waals surface area contributed by atoms with E-state index >= 15 is 0 Å². The van der Waals surface area contributed by atoms with Gasteiger partial charge in [0.2, 0.25) is 5.95 Å². The predicted octanol–water partition coefficient (Wildman–Crippen LogP) is 5.13. The summed E-state index contributed by atoms with van der Waals surface area (Å²) < 4.78 is 20.5. The van der Waals surface area contributed by atoms with Crippen LogP contribution in [0, 0.1) is 5.82 Å². The summed E-state index contributed by atoms with van der Waals surface area (Å²) in [6, 6.07) is 23.1. The number of nitrogens with zero attached hydrogens (tertiary/aromatic N) is 3. The molecule has 0 radical (unpaired) electrons. The summed E-state index contributed by atoms with van der Waals surface area (Å²) in [6.45, 7) is 0. The molecule has 7 nitrogen and oxygen atoms in total. The van der Waals surface area contributed by atoms with Crippen molar-refractivity contribution in [3.8, 4) is 5.75 Å². The molecule has 0 aliphatic carbocycles. The average molecular weight is 468 g/mol. The van der Waals surface area contributed by atoms with Crippen LogP contribution in [0.1, 0.15) is 22.7 Å². The first kappa shape index (κ1) is 22.1. The Morgan fingerprint density at radius 3 is 2.57 bits per heavy atom. The largest absolute Gasteiger partial charge is 0.496 e. The van der Waals surface area contributed by atoms with E-state index in [9.17, 15) is 9.18 Å². The number of carbonyl (C=O) groups excluding carboxylic acids is 1. The summed E-state index contributed by atoms with van der Waals surface area (Å²) in [5.74, 6) is 0.580. The molecule has 0 fully saturated rings. The second kappa shape index (κ2) is 9.64. The van der Waals surface area contributed by atoms with Crippen molar-refractivity contribution in [2.24, 2.45) is 0 Å². The zero-order valence-corrected chi connectivity index (χ0v) is 18.9. The predicted molar refractivity (Wildman–Crippen MR) is 133 cm³/mol. The molecule has 35 heavy (non-hydrogen) atoms. The number of carbonyl (C=O) groups is 1. The van der Waals surface area contributed by atoms with Gasteiger partial charge in [-0.15, -0.1) is 5.10 Å². The third-order valence-electron chi connectivity index (χ3n) is 5.55. The van der Waals surface area contributed by atoms with Gasteiger partial charge in [0.1, 0.15) is 17.6 Å². The molecule has 4 aromatic rings. The van der Waals surface area contributed by atoms with E-state index in [-0.39, 0.29) is 23.7 Å². The van der Waals surface area contributed by atoms with Gasteiger partial charge in [-0.05, 0) is 41.5 Å². The Morgan fingerprint density at radius 1 is 1.06 bits per heavy atom. The highest BCUT2D eigenvalue weighted by molar-refractivity contribution is 6.01. The minimum atomic E-state index is -0.381. The lowest BCUT2D eigenvalue weighted by Gasteiger charge is -2.24. The van der Waals surface area contributed by atoms with Crippen LogP contribution in [-0.4, -0.2) is 27.8 Å². The lowest BCUT2D eigenvalue weighted by atomic mass is 10.0. The molecule has 0 spiro atoms. The third-order valence-corrected chi connectivity index (χ3v) is 5.55. The molecule has 1 amide bonds.